The molecule has 0 N–H and O–H groups in total. The topological polar surface area (TPSA) is 12.5 Å². The van der Waals surface area contributed by atoms with Gasteiger partial charge in [0, 0.05) is 13.0 Å². The fourth-order valence-corrected chi connectivity index (χ4v) is 0.734. The fraction of sp³-hybridized carbons (Fsp3) is 0.750. The third-order valence-electron chi connectivity index (χ3n) is 1.60. The second-order valence-corrected chi connectivity index (χ2v) is 3.03. The number of hydrogen-bond acceptors (Lipinski definition) is 2. The van der Waals surface area contributed by atoms with Gasteiger partial charge in [0.2, 0.25) is 0 Å². The minimum atomic E-state index is 0.389. The second kappa shape index (κ2) is 3.17. The van der Waals surface area contributed by atoms with Gasteiger partial charge in [-0.15, -0.1) is 0 Å². The summed E-state index contributed by atoms with van der Waals surface area (Å²) in [5.74, 6) is 0. The quantitative estimate of drug-likeness (QED) is 0.539. The molecule has 1 rings (SSSR count). The van der Waals surface area contributed by atoms with Crippen LogP contribution in [0.5, 0.6) is 0 Å². The second-order valence-electron chi connectivity index (χ2n) is 3.03. The van der Waals surface area contributed by atoms with Crippen LogP contribution in [0.25, 0.3) is 0 Å². The van der Waals surface area contributed by atoms with Crippen LogP contribution in [-0.4, -0.2) is 38.3 Å². The minimum Gasteiger partial charge on any atom is -0.372 e. The summed E-state index contributed by atoms with van der Waals surface area (Å²) in [6.07, 6.45) is 1.47. The molecule has 0 bridgehead atoms. The summed E-state index contributed by atoms with van der Waals surface area (Å²) < 4.78 is 5.43. The third-order valence-corrected chi connectivity index (χ3v) is 1.60. The Kier molecular flexibility index (Phi) is 2.46. The summed E-state index contributed by atoms with van der Waals surface area (Å²) in [7, 11) is 4.09. The molecule has 0 saturated heterocycles. The van der Waals surface area contributed by atoms with Crippen molar-refractivity contribution in [1.29, 1.82) is 0 Å². The van der Waals surface area contributed by atoms with Crippen LogP contribution in [0.4, 0.5) is 0 Å². The normalized spacial score (nSPS) is 23.9. The van der Waals surface area contributed by atoms with E-state index in [9.17, 15) is 0 Å². The Morgan fingerprint density at radius 1 is 1.70 bits per heavy atom. The average molecular weight is 141 g/mol. The molecule has 0 heterocycles. The molecule has 1 atom stereocenters. The van der Waals surface area contributed by atoms with E-state index in [0.717, 1.165) is 19.6 Å². The molecule has 1 saturated carbocycles. The highest BCUT2D eigenvalue weighted by molar-refractivity contribution is 5.21. The maximum Gasteiger partial charge on any atom is 0.0822 e. The van der Waals surface area contributed by atoms with E-state index in [-0.39, 0.29) is 0 Å². The first-order chi connectivity index (χ1) is 4.70. The van der Waals surface area contributed by atoms with Gasteiger partial charge in [-0.25, -0.2) is 0 Å². The Hall–Kier alpha value is -0.340. The SMILES string of the molecule is C=C1CC1OCCN(C)C. The lowest BCUT2D eigenvalue weighted by atomic mass is 10.6. The van der Waals surface area contributed by atoms with Gasteiger partial charge in [-0.3, -0.25) is 0 Å². The number of ether oxygens (including phenoxy) is 1. The van der Waals surface area contributed by atoms with Crippen LogP contribution in [0.3, 0.4) is 0 Å². The van der Waals surface area contributed by atoms with Gasteiger partial charge in [0.25, 0.3) is 0 Å². The molecule has 0 aromatic carbocycles. The van der Waals surface area contributed by atoms with Crippen molar-refractivity contribution in [3.05, 3.63) is 12.2 Å². The molecular formula is C8H15NO. The van der Waals surface area contributed by atoms with Crippen LogP contribution in [0.1, 0.15) is 6.42 Å². The maximum atomic E-state index is 5.43. The van der Waals surface area contributed by atoms with Crippen LogP contribution < -0.4 is 0 Å². The summed E-state index contributed by atoms with van der Waals surface area (Å²) in [6.45, 7) is 5.64. The van der Waals surface area contributed by atoms with Crippen molar-refractivity contribution < 1.29 is 4.74 Å². The first-order valence-corrected chi connectivity index (χ1v) is 3.64. The molecule has 10 heavy (non-hydrogen) atoms. The Morgan fingerprint density at radius 2 is 2.30 bits per heavy atom. The van der Waals surface area contributed by atoms with Crippen molar-refractivity contribution in [2.24, 2.45) is 0 Å². The molecule has 0 radical (unpaired) electrons. The third kappa shape index (κ3) is 2.50. The van der Waals surface area contributed by atoms with E-state index in [4.69, 9.17) is 4.74 Å². The average Bonchev–Trinajstić information content (AvgIpc) is 2.46. The Balaban J connectivity index is 1.91. The zero-order valence-corrected chi connectivity index (χ0v) is 6.76. The summed E-state index contributed by atoms with van der Waals surface area (Å²) in [6, 6.07) is 0. The van der Waals surface area contributed by atoms with E-state index >= 15 is 0 Å². The zero-order chi connectivity index (χ0) is 7.56. The zero-order valence-electron chi connectivity index (χ0n) is 6.76. The summed E-state index contributed by atoms with van der Waals surface area (Å²) >= 11 is 0. The van der Waals surface area contributed by atoms with Gasteiger partial charge in [0.05, 0.1) is 12.7 Å². The highest BCUT2D eigenvalue weighted by atomic mass is 16.5. The van der Waals surface area contributed by atoms with Crippen LogP contribution >= 0.6 is 0 Å². The molecule has 0 spiro atoms. The van der Waals surface area contributed by atoms with Gasteiger partial charge in [-0.05, 0) is 19.7 Å². The monoisotopic (exact) mass is 141 g/mol. The van der Waals surface area contributed by atoms with Crippen LogP contribution in [-0.2, 0) is 4.74 Å². The molecule has 58 valence electrons. The standard InChI is InChI=1S/C8H15NO/c1-7-6-8(7)10-5-4-9(2)3/h8H,1,4-6H2,2-3H3. The molecule has 0 aliphatic heterocycles. The highest BCUT2D eigenvalue weighted by Gasteiger charge is 2.27. The number of likely N-dealkylation sites (N-methyl/N-ethyl adjacent to an activating group) is 1. The predicted molar refractivity (Wildman–Crippen MR) is 42.1 cm³/mol. The molecule has 1 aliphatic carbocycles. The van der Waals surface area contributed by atoms with Gasteiger partial charge in [0.1, 0.15) is 0 Å². The molecule has 2 heteroatoms. The van der Waals surface area contributed by atoms with Gasteiger partial charge >= 0.3 is 0 Å². The first-order valence-electron chi connectivity index (χ1n) is 3.64. The Labute approximate surface area is 62.5 Å². The van der Waals surface area contributed by atoms with Crippen molar-refractivity contribution in [3.63, 3.8) is 0 Å². The highest BCUT2D eigenvalue weighted by Crippen LogP contribution is 2.29. The lowest BCUT2D eigenvalue weighted by Gasteiger charge is -2.08. The Bertz CT molecular complexity index is 131. The van der Waals surface area contributed by atoms with Gasteiger partial charge in [-0.2, -0.15) is 0 Å². The van der Waals surface area contributed by atoms with E-state index < -0.39 is 0 Å². The van der Waals surface area contributed by atoms with Crippen LogP contribution in [0.2, 0.25) is 0 Å². The number of rotatable bonds is 4. The minimum absolute atomic E-state index is 0.389. The smallest absolute Gasteiger partial charge is 0.0822 e. The fourth-order valence-electron chi connectivity index (χ4n) is 0.734. The van der Waals surface area contributed by atoms with Gasteiger partial charge in [0.15, 0.2) is 0 Å². The largest absolute Gasteiger partial charge is 0.372 e. The number of nitrogens with zero attached hydrogens (tertiary/aromatic N) is 1. The molecule has 2 nitrogen and oxygen atoms in total. The Morgan fingerprint density at radius 3 is 2.70 bits per heavy atom. The lowest BCUT2D eigenvalue weighted by molar-refractivity contribution is 0.111. The maximum absolute atomic E-state index is 5.43. The van der Waals surface area contributed by atoms with Crippen LogP contribution in [0.15, 0.2) is 12.2 Å². The van der Waals surface area contributed by atoms with Crippen molar-refractivity contribution in [3.8, 4) is 0 Å². The van der Waals surface area contributed by atoms with E-state index in [1.165, 1.54) is 5.57 Å². The van der Waals surface area contributed by atoms with Crippen molar-refractivity contribution in [1.82, 2.24) is 4.90 Å². The number of hydrogen-bond donors (Lipinski definition) is 0. The summed E-state index contributed by atoms with van der Waals surface area (Å²) in [5, 5.41) is 0. The molecule has 0 aromatic heterocycles. The van der Waals surface area contributed by atoms with Crippen molar-refractivity contribution >= 4 is 0 Å². The molecule has 0 aromatic rings. The molecule has 1 fully saturated rings. The van der Waals surface area contributed by atoms with E-state index in [1.54, 1.807) is 0 Å². The van der Waals surface area contributed by atoms with Gasteiger partial charge < -0.3 is 9.64 Å². The van der Waals surface area contributed by atoms with Crippen LogP contribution in [0, 0.1) is 0 Å². The molecular weight excluding hydrogens is 126 g/mol. The van der Waals surface area contributed by atoms with E-state index in [0.29, 0.717) is 6.10 Å². The summed E-state index contributed by atoms with van der Waals surface area (Å²) in [4.78, 5) is 2.12. The lowest BCUT2D eigenvalue weighted by Crippen LogP contribution is -2.18. The predicted octanol–water partition coefficient (Wildman–Crippen LogP) is 0.893. The summed E-state index contributed by atoms with van der Waals surface area (Å²) in [5.41, 5.74) is 1.25. The molecule has 0 amide bonds. The molecule has 1 unspecified atom stereocenters. The first kappa shape index (κ1) is 7.76. The van der Waals surface area contributed by atoms with Gasteiger partial charge in [-0.1, -0.05) is 6.58 Å². The van der Waals surface area contributed by atoms with Crippen molar-refractivity contribution in [2.75, 3.05) is 27.2 Å². The van der Waals surface area contributed by atoms with E-state index in [2.05, 4.69) is 11.5 Å². The van der Waals surface area contributed by atoms with E-state index in [1.807, 2.05) is 14.1 Å². The van der Waals surface area contributed by atoms with Crippen molar-refractivity contribution in [2.45, 2.75) is 12.5 Å². The molecule has 1 aliphatic rings.